The molecule has 3 nitrogen and oxygen atoms in total. The molecular formula is C11H15NO2Si. The van der Waals surface area contributed by atoms with E-state index < -0.39 is 14.0 Å². The summed E-state index contributed by atoms with van der Waals surface area (Å²) in [5.41, 5.74) is 2.90. The topological polar surface area (TPSA) is 50.2 Å². The molecule has 1 rings (SSSR count). The van der Waals surface area contributed by atoms with E-state index in [9.17, 15) is 4.79 Å². The van der Waals surface area contributed by atoms with E-state index in [-0.39, 0.29) is 5.69 Å². The Hall–Kier alpha value is -1.42. The Labute approximate surface area is 90.5 Å². The predicted molar refractivity (Wildman–Crippen MR) is 63.6 cm³/mol. The summed E-state index contributed by atoms with van der Waals surface area (Å²) in [7, 11) is -1.30. The number of nitrogens with zero attached hydrogens (tertiary/aromatic N) is 1. The molecule has 0 amide bonds. The number of hydrogen-bond acceptors (Lipinski definition) is 2. The van der Waals surface area contributed by atoms with E-state index in [1.807, 2.05) is 6.08 Å². The lowest BCUT2D eigenvalue weighted by Crippen LogP contribution is -2.15. The van der Waals surface area contributed by atoms with E-state index in [4.69, 9.17) is 5.11 Å². The molecule has 0 bridgehead atoms. The minimum atomic E-state index is -1.30. The van der Waals surface area contributed by atoms with Gasteiger partial charge in [0.15, 0.2) is 5.69 Å². The van der Waals surface area contributed by atoms with Crippen molar-refractivity contribution in [1.29, 1.82) is 0 Å². The molecule has 0 aliphatic carbocycles. The molecule has 0 aliphatic heterocycles. The molecular weight excluding hydrogens is 206 g/mol. The van der Waals surface area contributed by atoms with Crippen LogP contribution >= 0.6 is 0 Å². The fourth-order valence-electron chi connectivity index (χ4n) is 1.07. The number of pyridine rings is 1. The van der Waals surface area contributed by atoms with Gasteiger partial charge in [-0.25, -0.2) is 9.78 Å². The molecule has 0 saturated heterocycles. The van der Waals surface area contributed by atoms with Gasteiger partial charge in [0.05, 0.1) is 8.07 Å². The maximum atomic E-state index is 10.9. The third-order valence-corrected chi connectivity index (χ3v) is 2.97. The van der Waals surface area contributed by atoms with Gasteiger partial charge in [-0.3, -0.25) is 0 Å². The van der Waals surface area contributed by atoms with Crippen LogP contribution in [0.15, 0.2) is 24.0 Å². The fourth-order valence-corrected chi connectivity index (χ4v) is 1.75. The normalized spacial score (nSPS) is 11.9. The molecule has 0 aromatic carbocycles. The first kappa shape index (κ1) is 11.7. The summed E-state index contributed by atoms with van der Waals surface area (Å²) in [5.74, 6) is -0.981. The van der Waals surface area contributed by atoms with Gasteiger partial charge < -0.3 is 5.11 Å². The smallest absolute Gasteiger partial charge is 0.355 e. The standard InChI is InChI=1S/C11H15NO2Si/c1-15(2,3)8-6-9-5-4-7-12-10(9)11(13)14/h4-8H,1-3H3,(H,13,14). The Bertz CT molecular complexity index is 394. The number of aromatic carboxylic acids is 1. The zero-order valence-electron chi connectivity index (χ0n) is 9.19. The van der Waals surface area contributed by atoms with Crippen LogP contribution in [0.4, 0.5) is 0 Å². The van der Waals surface area contributed by atoms with Crippen LogP contribution in [0.1, 0.15) is 16.1 Å². The molecule has 4 heteroatoms. The number of hydrogen-bond donors (Lipinski definition) is 1. The number of carboxylic acids is 1. The van der Waals surface area contributed by atoms with Crippen LogP contribution in [-0.4, -0.2) is 24.1 Å². The average Bonchev–Trinajstić information content (AvgIpc) is 2.14. The zero-order chi connectivity index (χ0) is 11.5. The maximum absolute atomic E-state index is 10.9. The Morgan fingerprint density at radius 1 is 1.47 bits per heavy atom. The Kier molecular flexibility index (Phi) is 3.42. The van der Waals surface area contributed by atoms with Gasteiger partial charge in [-0.15, -0.1) is 0 Å². The summed E-state index contributed by atoms with van der Waals surface area (Å²) in [4.78, 5) is 14.7. The van der Waals surface area contributed by atoms with E-state index in [2.05, 4.69) is 30.3 Å². The minimum absolute atomic E-state index is 0.118. The summed E-state index contributed by atoms with van der Waals surface area (Å²) in [5, 5.41) is 8.91. The van der Waals surface area contributed by atoms with E-state index in [0.29, 0.717) is 5.56 Å². The highest BCUT2D eigenvalue weighted by Gasteiger charge is 2.11. The summed E-state index contributed by atoms with van der Waals surface area (Å²) in [6.07, 6.45) is 3.36. The molecule has 0 aliphatic rings. The quantitative estimate of drug-likeness (QED) is 0.798. The second-order valence-corrected chi connectivity index (χ2v) is 9.51. The SMILES string of the molecule is C[Si](C)(C)C=Cc1cccnc1C(=O)O. The van der Waals surface area contributed by atoms with Gasteiger partial charge in [-0.2, -0.15) is 0 Å². The average molecular weight is 221 g/mol. The first-order chi connectivity index (χ1) is 6.90. The predicted octanol–water partition coefficient (Wildman–Crippen LogP) is 2.67. The van der Waals surface area contributed by atoms with Crippen molar-refractivity contribution < 1.29 is 9.90 Å². The monoisotopic (exact) mass is 221 g/mol. The zero-order valence-corrected chi connectivity index (χ0v) is 10.2. The van der Waals surface area contributed by atoms with Gasteiger partial charge >= 0.3 is 5.97 Å². The van der Waals surface area contributed by atoms with Crippen LogP contribution in [0.3, 0.4) is 0 Å². The molecule has 80 valence electrons. The van der Waals surface area contributed by atoms with Crippen molar-refractivity contribution in [3.8, 4) is 0 Å². The van der Waals surface area contributed by atoms with Crippen LogP contribution in [-0.2, 0) is 0 Å². The first-order valence-electron chi connectivity index (χ1n) is 4.78. The van der Waals surface area contributed by atoms with Gasteiger partial charge in [0.2, 0.25) is 0 Å². The molecule has 1 N–H and O–H groups in total. The molecule has 0 atom stereocenters. The van der Waals surface area contributed by atoms with Crippen LogP contribution in [0, 0.1) is 0 Å². The van der Waals surface area contributed by atoms with Crippen molar-refractivity contribution in [1.82, 2.24) is 4.98 Å². The van der Waals surface area contributed by atoms with Gasteiger partial charge in [0.1, 0.15) is 0 Å². The highest BCUT2D eigenvalue weighted by Crippen LogP contribution is 2.11. The van der Waals surface area contributed by atoms with Crippen molar-refractivity contribution in [3.63, 3.8) is 0 Å². The molecule has 0 spiro atoms. The number of rotatable bonds is 3. The summed E-state index contributed by atoms with van der Waals surface area (Å²) >= 11 is 0. The second kappa shape index (κ2) is 4.40. The second-order valence-electron chi connectivity index (χ2n) is 4.45. The van der Waals surface area contributed by atoms with Gasteiger partial charge in [0.25, 0.3) is 0 Å². The van der Waals surface area contributed by atoms with E-state index >= 15 is 0 Å². The van der Waals surface area contributed by atoms with Crippen LogP contribution < -0.4 is 0 Å². The molecule has 0 radical (unpaired) electrons. The van der Waals surface area contributed by atoms with Gasteiger partial charge in [-0.1, -0.05) is 37.5 Å². The molecule has 1 aromatic rings. The molecule has 1 heterocycles. The first-order valence-corrected chi connectivity index (χ1v) is 8.35. The van der Waals surface area contributed by atoms with Crippen molar-refractivity contribution >= 4 is 20.1 Å². The highest BCUT2D eigenvalue weighted by molar-refractivity contribution is 6.81. The lowest BCUT2D eigenvalue weighted by molar-refractivity contribution is 0.0690. The van der Waals surface area contributed by atoms with Gasteiger partial charge in [-0.05, 0) is 6.07 Å². The minimum Gasteiger partial charge on any atom is -0.476 e. The number of aromatic nitrogens is 1. The Morgan fingerprint density at radius 2 is 2.13 bits per heavy atom. The Morgan fingerprint density at radius 3 is 2.67 bits per heavy atom. The molecule has 0 saturated carbocycles. The van der Waals surface area contributed by atoms with Crippen molar-refractivity contribution in [2.45, 2.75) is 19.6 Å². The molecule has 15 heavy (non-hydrogen) atoms. The van der Waals surface area contributed by atoms with Crippen molar-refractivity contribution in [2.75, 3.05) is 0 Å². The number of carbonyl (C=O) groups is 1. The van der Waals surface area contributed by atoms with Crippen molar-refractivity contribution in [3.05, 3.63) is 35.3 Å². The van der Waals surface area contributed by atoms with Crippen molar-refractivity contribution in [2.24, 2.45) is 0 Å². The fraction of sp³-hybridized carbons (Fsp3) is 0.273. The van der Waals surface area contributed by atoms with E-state index in [1.165, 1.54) is 6.20 Å². The van der Waals surface area contributed by atoms with Gasteiger partial charge in [0, 0.05) is 11.8 Å². The van der Waals surface area contributed by atoms with Crippen LogP contribution in [0.2, 0.25) is 19.6 Å². The van der Waals surface area contributed by atoms with E-state index in [1.54, 1.807) is 12.1 Å². The molecule has 1 aromatic heterocycles. The maximum Gasteiger partial charge on any atom is 0.355 e. The van der Waals surface area contributed by atoms with E-state index in [0.717, 1.165) is 0 Å². The largest absolute Gasteiger partial charge is 0.476 e. The summed E-state index contributed by atoms with van der Waals surface area (Å²) in [6, 6.07) is 3.52. The third-order valence-electron chi connectivity index (χ3n) is 1.80. The third kappa shape index (κ3) is 3.67. The molecule has 0 unspecified atom stereocenters. The summed E-state index contributed by atoms with van der Waals surface area (Å²) in [6.45, 7) is 6.58. The highest BCUT2D eigenvalue weighted by atomic mass is 28.3. The number of carboxylic acid groups (broad SMARTS) is 1. The van der Waals surface area contributed by atoms with Crippen LogP contribution in [0.5, 0.6) is 0 Å². The van der Waals surface area contributed by atoms with Crippen LogP contribution in [0.25, 0.3) is 6.08 Å². The Balaban J connectivity index is 3.05. The lowest BCUT2D eigenvalue weighted by Gasteiger charge is -2.08. The lowest BCUT2D eigenvalue weighted by atomic mass is 10.2. The summed E-state index contributed by atoms with van der Waals surface area (Å²) < 4.78 is 0. The molecule has 0 fully saturated rings.